The molecule has 2 rings (SSSR count). The summed E-state index contributed by atoms with van der Waals surface area (Å²) in [5, 5.41) is 13.9. The molecule has 0 radical (unpaired) electrons. The zero-order valence-corrected chi connectivity index (χ0v) is 11.3. The zero-order chi connectivity index (χ0) is 13.8. The van der Waals surface area contributed by atoms with Crippen molar-refractivity contribution in [2.24, 2.45) is 7.05 Å². The lowest BCUT2D eigenvalue weighted by molar-refractivity contribution is -0.114. The molecule has 1 aromatic carbocycles. The first kappa shape index (κ1) is 13.1. The van der Waals surface area contributed by atoms with Crippen LogP contribution in [0.5, 0.6) is 0 Å². The Balaban J connectivity index is 2.06. The van der Waals surface area contributed by atoms with Crippen LogP contribution in [0.1, 0.15) is 18.2 Å². The molecule has 0 atom stereocenters. The number of aromatic nitrogens is 3. The maximum Gasteiger partial charge on any atom is 0.221 e. The molecule has 0 aliphatic carbocycles. The van der Waals surface area contributed by atoms with Crippen LogP contribution in [-0.4, -0.2) is 20.9 Å². The quantitative estimate of drug-likeness (QED) is 0.876. The number of rotatable bonds is 4. The van der Waals surface area contributed by atoms with Crippen LogP contribution in [0.25, 0.3) is 0 Å². The van der Waals surface area contributed by atoms with Crippen molar-refractivity contribution < 1.29 is 4.79 Å². The highest BCUT2D eigenvalue weighted by atomic mass is 16.1. The molecule has 0 bridgehead atoms. The standard InChI is InChI=1S/C13H17N5O/c1-9-4-5-11(6-13(9)15-10(2)19)14-7-12-8-18(3)17-16-12/h4-6,8,14H,7H2,1-3H3,(H,15,19). The smallest absolute Gasteiger partial charge is 0.221 e. The number of hydrogen-bond acceptors (Lipinski definition) is 4. The van der Waals surface area contributed by atoms with E-state index in [2.05, 4.69) is 20.9 Å². The van der Waals surface area contributed by atoms with E-state index in [9.17, 15) is 4.79 Å². The van der Waals surface area contributed by atoms with Gasteiger partial charge >= 0.3 is 0 Å². The van der Waals surface area contributed by atoms with E-state index in [0.29, 0.717) is 6.54 Å². The van der Waals surface area contributed by atoms with Crippen molar-refractivity contribution in [2.45, 2.75) is 20.4 Å². The molecular weight excluding hydrogens is 242 g/mol. The van der Waals surface area contributed by atoms with Crippen LogP contribution in [0.3, 0.4) is 0 Å². The van der Waals surface area contributed by atoms with Gasteiger partial charge in [0.25, 0.3) is 0 Å². The molecule has 1 amide bonds. The second-order valence-electron chi connectivity index (χ2n) is 4.45. The predicted molar refractivity (Wildman–Crippen MR) is 73.8 cm³/mol. The Morgan fingerprint density at radius 2 is 2.21 bits per heavy atom. The van der Waals surface area contributed by atoms with Gasteiger partial charge in [0.1, 0.15) is 5.69 Å². The fourth-order valence-electron chi connectivity index (χ4n) is 1.73. The summed E-state index contributed by atoms with van der Waals surface area (Å²) < 4.78 is 1.66. The van der Waals surface area contributed by atoms with Crippen molar-refractivity contribution >= 4 is 17.3 Å². The fraction of sp³-hybridized carbons (Fsp3) is 0.308. The Hall–Kier alpha value is -2.37. The number of benzene rings is 1. The third-order valence-electron chi connectivity index (χ3n) is 2.67. The van der Waals surface area contributed by atoms with Crippen LogP contribution in [0.4, 0.5) is 11.4 Å². The van der Waals surface area contributed by atoms with Gasteiger partial charge in [-0.25, -0.2) is 0 Å². The molecule has 0 aliphatic heterocycles. The van der Waals surface area contributed by atoms with Gasteiger partial charge in [-0.05, 0) is 24.6 Å². The van der Waals surface area contributed by atoms with E-state index in [1.165, 1.54) is 6.92 Å². The van der Waals surface area contributed by atoms with Crippen molar-refractivity contribution in [1.29, 1.82) is 0 Å². The average molecular weight is 259 g/mol. The van der Waals surface area contributed by atoms with Crippen LogP contribution in [0.2, 0.25) is 0 Å². The Kier molecular flexibility index (Phi) is 3.79. The Labute approximate surface area is 111 Å². The molecule has 19 heavy (non-hydrogen) atoms. The lowest BCUT2D eigenvalue weighted by Gasteiger charge is -2.10. The Morgan fingerprint density at radius 1 is 1.42 bits per heavy atom. The molecule has 6 heteroatoms. The molecule has 0 saturated carbocycles. The first-order valence-electron chi connectivity index (χ1n) is 6.02. The van der Waals surface area contributed by atoms with Crippen LogP contribution < -0.4 is 10.6 Å². The molecule has 6 nitrogen and oxygen atoms in total. The molecule has 0 unspecified atom stereocenters. The van der Waals surface area contributed by atoms with Crippen molar-refractivity contribution in [3.8, 4) is 0 Å². The van der Waals surface area contributed by atoms with E-state index in [1.54, 1.807) is 4.68 Å². The number of amides is 1. The number of nitrogens with zero attached hydrogens (tertiary/aromatic N) is 3. The van der Waals surface area contributed by atoms with Crippen LogP contribution >= 0.6 is 0 Å². The van der Waals surface area contributed by atoms with Gasteiger partial charge < -0.3 is 10.6 Å². The highest BCUT2D eigenvalue weighted by Crippen LogP contribution is 2.20. The summed E-state index contributed by atoms with van der Waals surface area (Å²) in [4.78, 5) is 11.1. The summed E-state index contributed by atoms with van der Waals surface area (Å²) in [5.41, 5.74) is 3.64. The number of carbonyl (C=O) groups is 1. The largest absolute Gasteiger partial charge is 0.379 e. The Bertz CT molecular complexity index is 590. The summed E-state index contributed by atoms with van der Waals surface area (Å²) in [6.45, 7) is 4.05. The van der Waals surface area contributed by atoms with Gasteiger partial charge in [-0.15, -0.1) is 5.10 Å². The molecule has 0 fully saturated rings. The van der Waals surface area contributed by atoms with Crippen LogP contribution in [-0.2, 0) is 18.4 Å². The van der Waals surface area contributed by atoms with Crippen molar-refractivity contribution in [1.82, 2.24) is 15.0 Å². The normalized spacial score (nSPS) is 10.3. The second kappa shape index (κ2) is 5.51. The predicted octanol–water partition coefficient (Wildman–Crippen LogP) is 1.69. The van der Waals surface area contributed by atoms with E-state index in [0.717, 1.165) is 22.6 Å². The Morgan fingerprint density at radius 3 is 2.84 bits per heavy atom. The summed E-state index contributed by atoms with van der Waals surface area (Å²) in [5.74, 6) is -0.0748. The highest BCUT2D eigenvalue weighted by molar-refractivity contribution is 5.90. The average Bonchev–Trinajstić information content (AvgIpc) is 2.75. The third-order valence-corrected chi connectivity index (χ3v) is 2.67. The van der Waals surface area contributed by atoms with E-state index in [4.69, 9.17) is 0 Å². The second-order valence-corrected chi connectivity index (χ2v) is 4.45. The van der Waals surface area contributed by atoms with Gasteiger partial charge in [-0.2, -0.15) is 0 Å². The number of nitrogens with one attached hydrogen (secondary N) is 2. The molecule has 100 valence electrons. The molecule has 2 N–H and O–H groups in total. The first-order valence-corrected chi connectivity index (χ1v) is 6.02. The summed E-state index contributed by atoms with van der Waals surface area (Å²) >= 11 is 0. The van der Waals surface area contributed by atoms with Crippen LogP contribution in [0, 0.1) is 6.92 Å². The van der Waals surface area contributed by atoms with Crippen LogP contribution in [0.15, 0.2) is 24.4 Å². The minimum atomic E-state index is -0.0748. The van der Waals surface area contributed by atoms with Gasteiger partial charge in [-0.1, -0.05) is 11.3 Å². The monoisotopic (exact) mass is 259 g/mol. The third kappa shape index (κ3) is 3.54. The van der Waals surface area contributed by atoms with E-state index < -0.39 is 0 Å². The molecule has 0 aliphatic rings. The van der Waals surface area contributed by atoms with E-state index in [-0.39, 0.29) is 5.91 Å². The lowest BCUT2D eigenvalue weighted by atomic mass is 10.1. The molecule has 2 aromatic rings. The summed E-state index contributed by atoms with van der Waals surface area (Å²) in [6, 6.07) is 5.84. The minimum Gasteiger partial charge on any atom is -0.379 e. The van der Waals surface area contributed by atoms with E-state index in [1.807, 2.05) is 38.4 Å². The summed E-state index contributed by atoms with van der Waals surface area (Å²) in [7, 11) is 1.83. The minimum absolute atomic E-state index is 0.0748. The van der Waals surface area contributed by atoms with Crippen molar-refractivity contribution in [2.75, 3.05) is 10.6 Å². The molecule has 0 spiro atoms. The fourth-order valence-corrected chi connectivity index (χ4v) is 1.73. The van der Waals surface area contributed by atoms with Gasteiger partial charge in [0.15, 0.2) is 0 Å². The van der Waals surface area contributed by atoms with Crippen molar-refractivity contribution in [3.63, 3.8) is 0 Å². The van der Waals surface area contributed by atoms with E-state index >= 15 is 0 Å². The van der Waals surface area contributed by atoms with Gasteiger partial charge in [0.2, 0.25) is 5.91 Å². The number of carbonyl (C=O) groups excluding carboxylic acids is 1. The number of anilines is 2. The van der Waals surface area contributed by atoms with Gasteiger partial charge in [0, 0.05) is 31.5 Å². The van der Waals surface area contributed by atoms with Crippen molar-refractivity contribution in [3.05, 3.63) is 35.7 Å². The highest BCUT2D eigenvalue weighted by Gasteiger charge is 2.03. The van der Waals surface area contributed by atoms with Gasteiger partial charge in [-0.3, -0.25) is 9.48 Å². The maximum atomic E-state index is 11.1. The molecular formula is C13H17N5O. The van der Waals surface area contributed by atoms with Gasteiger partial charge in [0.05, 0.1) is 6.54 Å². The summed E-state index contributed by atoms with van der Waals surface area (Å²) in [6.07, 6.45) is 1.86. The number of hydrogen-bond donors (Lipinski definition) is 2. The molecule has 1 heterocycles. The molecule has 1 aromatic heterocycles. The SMILES string of the molecule is CC(=O)Nc1cc(NCc2cn(C)nn2)ccc1C. The number of aryl methyl sites for hydroxylation is 2. The topological polar surface area (TPSA) is 71.8 Å². The zero-order valence-electron chi connectivity index (χ0n) is 11.3. The lowest BCUT2D eigenvalue weighted by Crippen LogP contribution is -2.08. The maximum absolute atomic E-state index is 11.1. The first-order chi connectivity index (χ1) is 9.04. The molecule has 0 saturated heterocycles.